The molecule has 2 rings (SSSR count). The van der Waals surface area contributed by atoms with Crippen LogP contribution in [0.1, 0.15) is 50.2 Å². The van der Waals surface area contributed by atoms with Crippen LogP contribution in [0.2, 0.25) is 0 Å². The van der Waals surface area contributed by atoms with Gasteiger partial charge in [0.15, 0.2) is 0 Å². The number of aryl methyl sites for hydroxylation is 2. The van der Waals surface area contributed by atoms with Crippen molar-refractivity contribution in [3.05, 3.63) is 29.3 Å². The summed E-state index contributed by atoms with van der Waals surface area (Å²) in [6, 6.07) is 6.95. The molecule has 0 spiro atoms. The van der Waals surface area contributed by atoms with Crippen molar-refractivity contribution in [1.82, 2.24) is 5.32 Å². The molecule has 0 bridgehead atoms. The minimum absolute atomic E-state index is 1.17. The van der Waals surface area contributed by atoms with Gasteiger partial charge < -0.3 is 10.2 Å². The van der Waals surface area contributed by atoms with Crippen LogP contribution in [0.4, 0.5) is 5.69 Å². The zero-order valence-electron chi connectivity index (χ0n) is 13.3. The van der Waals surface area contributed by atoms with E-state index in [-0.39, 0.29) is 0 Å². The maximum atomic E-state index is 3.48. The number of hydrogen-bond acceptors (Lipinski definition) is 2. The maximum absolute atomic E-state index is 3.48. The Morgan fingerprint density at radius 1 is 1.15 bits per heavy atom. The Bertz CT molecular complexity index is 400. The van der Waals surface area contributed by atoms with Gasteiger partial charge in [-0.15, -0.1) is 0 Å². The Hall–Kier alpha value is -1.02. The van der Waals surface area contributed by atoms with Gasteiger partial charge >= 0.3 is 0 Å². The van der Waals surface area contributed by atoms with Crippen LogP contribution in [0.3, 0.4) is 0 Å². The largest absolute Gasteiger partial charge is 0.371 e. The van der Waals surface area contributed by atoms with Crippen molar-refractivity contribution in [2.45, 2.75) is 52.4 Å². The number of fused-ring (bicyclic) bond motifs is 1. The van der Waals surface area contributed by atoms with Crippen molar-refractivity contribution in [2.24, 2.45) is 0 Å². The summed E-state index contributed by atoms with van der Waals surface area (Å²) in [7, 11) is 0. The first-order valence-electron chi connectivity index (χ1n) is 8.36. The Morgan fingerprint density at radius 3 is 2.90 bits per heavy atom. The minimum Gasteiger partial charge on any atom is -0.371 e. The molecule has 0 unspecified atom stereocenters. The van der Waals surface area contributed by atoms with E-state index in [1.54, 1.807) is 5.56 Å². The van der Waals surface area contributed by atoms with Crippen LogP contribution in [-0.2, 0) is 6.42 Å². The molecule has 2 heteroatoms. The molecule has 1 N–H and O–H groups in total. The van der Waals surface area contributed by atoms with E-state index in [2.05, 4.69) is 42.3 Å². The second-order valence-electron chi connectivity index (χ2n) is 6.03. The summed E-state index contributed by atoms with van der Waals surface area (Å²) in [6.07, 6.45) is 7.79. The topological polar surface area (TPSA) is 15.3 Å². The first-order valence-corrected chi connectivity index (χ1v) is 8.36. The van der Waals surface area contributed by atoms with Crippen LogP contribution in [0.15, 0.2) is 18.2 Å². The van der Waals surface area contributed by atoms with E-state index in [1.165, 1.54) is 76.0 Å². The molecule has 0 fully saturated rings. The fourth-order valence-electron chi connectivity index (χ4n) is 3.07. The molecule has 0 saturated heterocycles. The number of hydrogen-bond donors (Lipinski definition) is 1. The van der Waals surface area contributed by atoms with Gasteiger partial charge in [0.25, 0.3) is 0 Å². The molecule has 0 amide bonds. The third kappa shape index (κ3) is 4.52. The first kappa shape index (κ1) is 15.4. The summed E-state index contributed by atoms with van der Waals surface area (Å²) in [6.45, 7) is 9.24. The van der Waals surface area contributed by atoms with Gasteiger partial charge in [0.2, 0.25) is 0 Å². The quantitative estimate of drug-likeness (QED) is 0.723. The van der Waals surface area contributed by atoms with Crippen molar-refractivity contribution in [1.29, 1.82) is 0 Å². The number of unbranched alkanes of at least 4 members (excludes halogenated alkanes) is 2. The van der Waals surface area contributed by atoms with Gasteiger partial charge in [-0.1, -0.05) is 31.0 Å². The Kier molecular flexibility index (Phi) is 6.38. The number of benzene rings is 1. The van der Waals surface area contributed by atoms with Crippen LogP contribution in [-0.4, -0.2) is 26.2 Å². The highest BCUT2D eigenvalue weighted by Crippen LogP contribution is 2.28. The highest BCUT2D eigenvalue weighted by Gasteiger charge is 2.15. The summed E-state index contributed by atoms with van der Waals surface area (Å²) < 4.78 is 0. The van der Waals surface area contributed by atoms with E-state index < -0.39 is 0 Å². The van der Waals surface area contributed by atoms with Gasteiger partial charge in [0.05, 0.1) is 0 Å². The molecule has 0 radical (unpaired) electrons. The van der Waals surface area contributed by atoms with Crippen molar-refractivity contribution in [3.8, 4) is 0 Å². The summed E-state index contributed by atoms with van der Waals surface area (Å²) >= 11 is 0. The molecule has 20 heavy (non-hydrogen) atoms. The fourth-order valence-corrected chi connectivity index (χ4v) is 3.07. The molecule has 1 aliphatic rings. The van der Waals surface area contributed by atoms with Gasteiger partial charge in [-0.3, -0.25) is 0 Å². The number of nitrogens with one attached hydrogen (secondary N) is 1. The molecule has 0 aliphatic carbocycles. The first-order chi connectivity index (χ1) is 9.81. The average molecular weight is 274 g/mol. The Balaban J connectivity index is 1.72. The number of anilines is 1. The van der Waals surface area contributed by atoms with Crippen LogP contribution in [0, 0.1) is 6.92 Å². The lowest BCUT2D eigenvalue weighted by Gasteiger charge is -2.31. The predicted octanol–water partition coefficient (Wildman–Crippen LogP) is 3.92. The van der Waals surface area contributed by atoms with Crippen molar-refractivity contribution < 1.29 is 0 Å². The summed E-state index contributed by atoms with van der Waals surface area (Å²) in [5.41, 5.74) is 4.44. The van der Waals surface area contributed by atoms with Crippen molar-refractivity contribution >= 4 is 5.69 Å². The molecule has 2 nitrogen and oxygen atoms in total. The molecule has 1 heterocycles. The zero-order chi connectivity index (χ0) is 14.2. The maximum Gasteiger partial charge on any atom is 0.0398 e. The zero-order valence-corrected chi connectivity index (χ0v) is 13.3. The van der Waals surface area contributed by atoms with E-state index >= 15 is 0 Å². The molecule has 0 aromatic heterocycles. The summed E-state index contributed by atoms with van der Waals surface area (Å²) in [4.78, 5) is 2.59. The van der Waals surface area contributed by atoms with Crippen molar-refractivity contribution in [3.63, 3.8) is 0 Å². The number of nitrogens with zero attached hydrogens (tertiary/aromatic N) is 1. The second-order valence-corrected chi connectivity index (χ2v) is 6.03. The van der Waals surface area contributed by atoms with Crippen LogP contribution < -0.4 is 10.2 Å². The third-order valence-electron chi connectivity index (χ3n) is 4.16. The standard InChI is InChI=1S/C18H30N2/c1-3-11-19-12-5-4-6-13-20-14-7-8-17-15-16(2)9-10-18(17)20/h9-10,15,19H,3-8,11-14H2,1-2H3. The van der Waals surface area contributed by atoms with Crippen molar-refractivity contribution in [2.75, 3.05) is 31.1 Å². The lowest BCUT2D eigenvalue weighted by molar-refractivity contribution is 0.584. The summed E-state index contributed by atoms with van der Waals surface area (Å²) in [5, 5.41) is 3.48. The van der Waals surface area contributed by atoms with E-state index in [4.69, 9.17) is 0 Å². The summed E-state index contributed by atoms with van der Waals surface area (Å²) in [5.74, 6) is 0. The molecule has 0 saturated carbocycles. The average Bonchev–Trinajstić information content (AvgIpc) is 2.46. The Labute approximate surface area is 124 Å². The van der Waals surface area contributed by atoms with Gasteiger partial charge in [-0.25, -0.2) is 0 Å². The van der Waals surface area contributed by atoms with E-state index in [1.807, 2.05) is 0 Å². The molecule has 1 aromatic rings. The van der Waals surface area contributed by atoms with Gasteiger partial charge in [0, 0.05) is 18.8 Å². The van der Waals surface area contributed by atoms with Gasteiger partial charge in [-0.2, -0.15) is 0 Å². The molecular formula is C18H30N2. The molecule has 1 aliphatic heterocycles. The SMILES string of the molecule is CCCNCCCCCN1CCCc2cc(C)ccc21. The smallest absolute Gasteiger partial charge is 0.0398 e. The Morgan fingerprint density at radius 2 is 2.05 bits per heavy atom. The third-order valence-corrected chi connectivity index (χ3v) is 4.16. The molecular weight excluding hydrogens is 244 g/mol. The predicted molar refractivity (Wildman–Crippen MR) is 88.7 cm³/mol. The molecule has 1 aromatic carbocycles. The highest BCUT2D eigenvalue weighted by molar-refractivity contribution is 5.56. The lowest BCUT2D eigenvalue weighted by Crippen LogP contribution is -2.30. The fraction of sp³-hybridized carbons (Fsp3) is 0.667. The van der Waals surface area contributed by atoms with E-state index in [0.29, 0.717) is 0 Å². The van der Waals surface area contributed by atoms with Crippen LogP contribution >= 0.6 is 0 Å². The number of rotatable bonds is 8. The monoisotopic (exact) mass is 274 g/mol. The van der Waals surface area contributed by atoms with Gasteiger partial charge in [-0.05, 0) is 63.7 Å². The second kappa shape index (κ2) is 8.31. The van der Waals surface area contributed by atoms with Gasteiger partial charge in [0.1, 0.15) is 0 Å². The molecule has 112 valence electrons. The molecule has 0 atom stereocenters. The van der Waals surface area contributed by atoms with Crippen LogP contribution in [0.25, 0.3) is 0 Å². The normalized spacial score (nSPS) is 14.4. The van der Waals surface area contributed by atoms with E-state index in [0.717, 1.165) is 0 Å². The van der Waals surface area contributed by atoms with Crippen LogP contribution in [0.5, 0.6) is 0 Å². The lowest BCUT2D eigenvalue weighted by atomic mass is 9.99. The minimum atomic E-state index is 1.17. The van der Waals surface area contributed by atoms with E-state index in [9.17, 15) is 0 Å². The highest BCUT2D eigenvalue weighted by atomic mass is 15.1.